The van der Waals surface area contributed by atoms with E-state index in [0.717, 1.165) is 25.7 Å². The fraction of sp³-hybridized carbons (Fsp3) is 0.833. The van der Waals surface area contributed by atoms with Crippen LogP contribution in [0.2, 0.25) is 0 Å². The number of likely N-dealkylation sites (tertiary alicyclic amines) is 1. The van der Waals surface area contributed by atoms with Gasteiger partial charge in [-0.05, 0) is 12.8 Å². The zero-order chi connectivity index (χ0) is 11.7. The number of aliphatic hydroxyl groups is 1. The Morgan fingerprint density at radius 3 is 2.50 bits per heavy atom. The summed E-state index contributed by atoms with van der Waals surface area (Å²) in [4.78, 5) is 24.9. The van der Waals surface area contributed by atoms with Gasteiger partial charge in [-0.3, -0.25) is 14.5 Å². The summed E-state index contributed by atoms with van der Waals surface area (Å²) in [6, 6.07) is -0.271. The van der Waals surface area contributed by atoms with Crippen molar-refractivity contribution < 1.29 is 14.7 Å². The Bertz CT molecular complexity index is 303. The average molecular weight is 225 g/mol. The summed E-state index contributed by atoms with van der Waals surface area (Å²) in [5.41, 5.74) is 0. The Labute approximate surface area is 95.6 Å². The highest BCUT2D eigenvalue weighted by Gasteiger charge is 2.42. The van der Waals surface area contributed by atoms with E-state index >= 15 is 0 Å². The van der Waals surface area contributed by atoms with Crippen molar-refractivity contribution in [1.29, 1.82) is 0 Å². The molecular formula is C12H19NO3. The van der Waals surface area contributed by atoms with E-state index in [4.69, 9.17) is 0 Å². The Balaban J connectivity index is 2.15. The Hall–Kier alpha value is -0.900. The van der Waals surface area contributed by atoms with E-state index in [2.05, 4.69) is 0 Å². The van der Waals surface area contributed by atoms with Gasteiger partial charge in [-0.1, -0.05) is 26.2 Å². The van der Waals surface area contributed by atoms with Crippen LogP contribution in [0.4, 0.5) is 0 Å². The molecule has 0 radical (unpaired) electrons. The van der Waals surface area contributed by atoms with E-state index in [-0.39, 0.29) is 23.8 Å². The van der Waals surface area contributed by atoms with Crippen molar-refractivity contribution in [3.63, 3.8) is 0 Å². The maximum absolute atomic E-state index is 11.9. The third-order valence-corrected chi connectivity index (χ3v) is 3.68. The first-order chi connectivity index (χ1) is 7.61. The third-order valence-electron chi connectivity index (χ3n) is 3.68. The van der Waals surface area contributed by atoms with E-state index in [1.165, 1.54) is 4.90 Å². The van der Waals surface area contributed by atoms with Crippen LogP contribution >= 0.6 is 0 Å². The summed E-state index contributed by atoms with van der Waals surface area (Å²) in [5.74, 6) is -0.414. The molecule has 16 heavy (non-hydrogen) atoms. The van der Waals surface area contributed by atoms with Crippen LogP contribution in [-0.4, -0.2) is 34.0 Å². The van der Waals surface area contributed by atoms with Crippen molar-refractivity contribution in [3.8, 4) is 0 Å². The minimum absolute atomic E-state index is 0.101. The van der Waals surface area contributed by atoms with Gasteiger partial charge >= 0.3 is 0 Å². The summed E-state index contributed by atoms with van der Waals surface area (Å²) < 4.78 is 0. The number of hydrogen-bond acceptors (Lipinski definition) is 3. The lowest BCUT2D eigenvalue weighted by molar-refractivity contribution is -0.145. The molecule has 1 saturated carbocycles. The molecule has 2 aliphatic rings. The first-order valence-corrected chi connectivity index (χ1v) is 6.15. The first-order valence-electron chi connectivity index (χ1n) is 6.15. The summed E-state index contributed by atoms with van der Waals surface area (Å²) >= 11 is 0. The molecule has 1 N–H and O–H groups in total. The second-order valence-electron chi connectivity index (χ2n) is 4.98. The van der Waals surface area contributed by atoms with Crippen LogP contribution < -0.4 is 0 Å². The number of nitrogens with zero attached hydrogens (tertiary/aromatic N) is 1. The van der Waals surface area contributed by atoms with Gasteiger partial charge in [0.15, 0.2) is 0 Å². The normalized spacial score (nSPS) is 36.6. The Morgan fingerprint density at radius 1 is 1.19 bits per heavy atom. The number of hydrogen-bond donors (Lipinski definition) is 1. The topological polar surface area (TPSA) is 57.6 Å². The quantitative estimate of drug-likeness (QED) is 0.536. The molecule has 0 aromatic rings. The monoisotopic (exact) mass is 225 g/mol. The summed E-state index contributed by atoms with van der Waals surface area (Å²) in [6.07, 6.45) is 4.31. The molecule has 4 heteroatoms. The maximum atomic E-state index is 11.9. The molecular weight excluding hydrogens is 206 g/mol. The van der Waals surface area contributed by atoms with E-state index in [9.17, 15) is 14.7 Å². The van der Waals surface area contributed by atoms with Gasteiger partial charge in [0.25, 0.3) is 0 Å². The SMILES string of the molecule is CC1CC(=O)N(C2CCCCCC2O)C1=O. The van der Waals surface area contributed by atoms with Crippen LogP contribution in [0.5, 0.6) is 0 Å². The molecule has 0 bridgehead atoms. The van der Waals surface area contributed by atoms with E-state index in [1.807, 2.05) is 0 Å². The lowest BCUT2D eigenvalue weighted by atomic mass is 10.0. The minimum Gasteiger partial charge on any atom is -0.391 e. The highest BCUT2D eigenvalue weighted by molar-refractivity contribution is 6.03. The number of carbonyl (C=O) groups is 2. The third kappa shape index (κ3) is 1.98. The van der Waals surface area contributed by atoms with Gasteiger partial charge in [-0.2, -0.15) is 0 Å². The van der Waals surface area contributed by atoms with Crippen LogP contribution in [0, 0.1) is 5.92 Å². The molecule has 0 aromatic heterocycles. The molecule has 1 heterocycles. The summed E-state index contributed by atoms with van der Waals surface area (Å²) in [6.45, 7) is 1.78. The predicted octanol–water partition coefficient (Wildman–Crippen LogP) is 1.07. The average Bonchev–Trinajstić information content (AvgIpc) is 2.43. The predicted molar refractivity (Wildman–Crippen MR) is 58.5 cm³/mol. The van der Waals surface area contributed by atoms with Gasteiger partial charge in [0.05, 0.1) is 12.1 Å². The highest BCUT2D eigenvalue weighted by atomic mass is 16.3. The Kier molecular flexibility index (Phi) is 3.28. The van der Waals surface area contributed by atoms with Crippen molar-refractivity contribution >= 4 is 11.8 Å². The second-order valence-corrected chi connectivity index (χ2v) is 4.98. The van der Waals surface area contributed by atoms with Crippen molar-refractivity contribution in [2.75, 3.05) is 0 Å². The second kappa shape index (κ2) is 4.53. The van der Waals surface area contributed by atoms with Crippen molar-refractivity contribution in [2.24, 2.45) is 5.92 Å². The van der Waals surface area contributed by atoms with Gasteiger partial charge in [0.2, 0.25) is 11.8 Å². The fourth-order valence-corrected chi connectivity index (χ4v) is 2.73. The van der Waals surface area contributed by atoms with Crippen molar-refractivity contribution in [2.45, 2.75) is 57.6 Å². The van der Waals surface area contributed by atoms with Crippen LogP contribution in [-0.2, 0) is 9.59 Å². The number of carbonyl (C=O) groups excluding carboxylic acids is 2. The minimum atomic E-state index is -0.527. The van der Waals surface area contributed by atoms with Gasteiger partial charge in [0, 0.05) is 12.3 Å². The largest absolute Gasteiger partial charge is 0.391 e. The molecule has 2 fully saturated rings. The summed E-state index contributed by atoms with van der Waals surface area (Å²) in [5, 5.41) is 9.99. The molecule has 2 amide bonds. The van der Waals surface area contributed by atoms with E-state index in [0.29, 0.717) is 12.8 Å². The van der Waals surface area contributed by atoms with Crippen molar-refractivity contribution in [1.82, 2.24) is 4.90 Å². The molecule has 2 rings (SSSR count). The number of rotatable bonds is 1. The van der Waals surface area contributed by atoms with Gasteiger partial charge < -0.3 is 5.11 Å². The van der Waals surface area contributed by atoms with Crippen LogP contribution in [0.1, 0.15) is 45.4 Å². The molecule has 1 aliphatic heterocycles. The van der Waals surface area contributed by atoms with Gasteiger partial charge in [-0.25, -0.2) is 0 Å². The van der Waals surface area contributed by atoms with Gasteiger partial charge in [0.1, 0.15) is 0 Å². The molecule has 4 nitrogen and oxygen atoms in total. The molecule has 1 aliphatic carbocycles. The molecule has 1 saturated heterocycles. The molecule has 0 spiro atoms. The highest BCUT2D eigenvalue weighted by Crippen LogP contribution is 2.28. The molecule has 90 valence electrons. The molecule has 0 aromatic carbocycles. The zero-order valence-corrected chi connectivity index (χ0v) is 9.69. The van der Waals surface area contributed by atoms with E-state index in [1.54, 1.807) is 6.92 Å². The van der Waals surface area contributed by atoms with Crippen LogP contribution in [0.3, 0.4) is 0 Å². The summed E-state index contributed by atoms with van der Waals surface area (Å²) in [7, 11) is 0. The maximum Gasteiger partial charge on any atom is 0.232 e. The zero-order valence-electron chi connectivity index (χ0n) is 9.69. The lowest BCUT2D eigenvalue weighted by Gasteiger charge is -2.29. The molecule has 3 unspecified atom stereocenters. The van der Waals surface area contributed by atoms with Gasteiger partial charge in [-0.15, -0.1) is 0 Å². The van der Waals surface area contributed by atoms with E-state index < -0.39 is 6.10 Å². The number of imide groups is 1. The van der Waals surface area contributed by atoms with Crippen molar-refractivity contribution in [3.05, 3.63) is 0 Å². The number of aliphatic hydroxyl groups excluding tert-OH is 1. The smallest absolute Gasteiger partial charge is 0.232 e. The van der Waals surface area contributed by atoms with Crippen LogP contribution in [0.25, 0.3) is 0 Å². The fourth-order valence-electron chi connectivity index (χ4n) is 2.73. The molecule has 3 atom stereocenters. The Morgan fingerprint density at radius 2 is 1.88 bits per heavy atom. The van der Waals surface area contributed by atoms with Crippen LogP contribution in [0.15, 0.2) is 0 Å². The standard InChI is InChI=1S/C12H19NO3/c1-8-7-11(15)13(12(8)16)9-5-3-2-4-6-10(9)14/h8-10,14H,2-7H2,1H3. The number of amides is 2. The first kappa shape index (κ1) is 11.6. The lowest BCUT2D eigenvalue weighted by Crippen LogP contribution is -2.46.